The molecule has 0 aliphatic heterocycles. The average molecular weight is 369 g/mol. The molecule has 0 amide bonds. The van der Waals surface area contributed by atoms with Crippen LogP contribution in [-0.2, 0) is 16.1 Å². The van der Waals surface area contributed by atoms with Gasteiger partial charge in [0.05, 0.1) is 11.3 Å². The van der Waals surface area contributed by atoms with Gasteiger partial charge in [0, 0.05) is 24.8 Å². The molecular weight excluding hydrogens is 342 g/mol. The Kier molecular flexibility index (Phi) is 5.49. The molecule has 1 N–H and O–H groups in total. The third kappa shape index (κ3) is 3.43. The predicted octanol–water partition coefficient (Wildman–Crippen LogP) is 4.49. The van der Waals surface area contributed by atoms with Crippen molar-refractivity contribution in [2.45, 2.75) is 65.7 Å². The third-order valence-electron chi connectivity index (χ3n) is 5.59. The van der Waals surface area contributed by atoms with Crippen molar-refractivity contribution >= 4 is 17.3 Å². The summed E-state index contributed by atoms with van der Waals surface area (Å²) in [4.78, 5) is 30.2. The van der Waals surface area contributed by atoms with Crippen molar-refractivity contribution in [3.63, 3.8) is 0 Å². The molecule has 0 fully saturated rings. The molecule has 0 heterocycles. The molecule has 5 heteroatoms. The fraction of sp³-hybridized carbons (Fsp3) is 0.500. The molecule has 1 atom stereocenters. The van der Waals surface area contributed by atoms with Crippen LogP contribution in [0.5, 0.6) is 0 Å². The van der Waals surface area contributed by atoms with Gasteiger partial charge in [-0.15, -0.1) is 0 Å². The molecule has 0 radical (unpaired) electrons. The number of rotatable bonds is 5. The molecule has 144 valence electrons. The van der Waals surface area contributed by atoms with E-state index in [-0.39, 0.29) is 23.2 Å². The summed E-state index contributed by atoms with van der Waals surface area (Å²) in [5.74, 6) is 0.0189. The predicted molar refractivity (Wildman–Crippen MR) is 105 cm³/mol. The standard InChI is InChI=1S/C22H27NO4/c1-5-16(23-27-6-2)22-18(25)10-15(11-19(22)26)20-12(3)9-14-7-8-17(24)21(14)13(20)4/h9,15,25H,5-8,10-11H2,1-4H3. The lowest BCUT2D eigenvalue weighted by atomic mass is 9.77. The molecule has 0 aromatic heterocycles. The lowest BCUT2D eigenvalue weighted by molar-refractivity contribution is -0.116. The van der Waals surface area contributed by atoms with Crippen molar-refractivity contribution in [3.8, 4) is 0 Å². The second kappa shape index (κ2) is 7.67. The smallest absolute Gasteiger partial charge is 0.168 e. The summed E-state index contributed by atoms with van der Waals surface area (Å²) in [6.45, 7) is 8.12. The van der Waals surface area contributed by atoms with E-state index in [0.29, 0.717) is 43.6 Å². The number of carbonyl (C=O) groups is 2. The van der Waals surface area contributed by atoms with Crippen LogP contribution in [0.2, 0.25) is 0 Å². The fourth-order valence-corrected chi connectivity index (χ4v) is 4.52. The van der Waals surface area contributed by atoms with Gasteiger partial charge in [-0.2, -0.15) is 0 Å². The number of hydrogen-bond acceptors (Lipinski definition) is 5. The second-order valence-electron chi connectivity index (χ2n) is 7.35. The van der Waals surface area contributed by atoms with Crippen molar-refractivity contribution < 1.29 is 19.5 Å². The maximum atomic E-state index is 12.9. The molecule has 1 unspecified atom stereocenters. The number of Topliss-reactive ketones (excluding diaryl/α,β-unsaturated/α-hetero) is 2. The van der Waals surface area contributed by atoms with E-state index in [9.17, 15) is 14.7 Å². The summed E-state index contributed by atoms with van der Waals surface area (Å²) in [7, 11) is 0. The van der Waals surface area contributed by atoms with Gasteiger partial charge in [-0.3, -0.25) is 9.59 Å². The van der Waals surface area contributed by atoms with Gasteiger partial charge < -0.3 is 9.94 Å². The number of benzene rings is 1. The normalized spacial score (nSPS) is 20.3. The van der Waals surface area contributed by atoms with E-state index >= 15 is 0 Å². The van der Waals surface area contributed by atoms with Crippen LogP contribution >= 0.6 is 0 Å². The summed E-state index contributed by atoms with van der Waals surface area (Å²) in [6, 6.07) is 2.08. The number of fused-ring (bicyclic) bond motifs is 1. The Morgan fingerprint density at radius 2 is 1.93 bits per heavy atom. The number of aliphatic hydroxyl groups excluding tert-OH is 1. The maximum absolute atomic E-state index is 12.9. The number of carbonyl (C=O) groups excluding carboxylic acids is 2. The van der Waals surface area contributed by atoms with E-state index in [0.717, 1.165) is 34.2 Å². The minimum Gasteiger partial charge on any atom is -0.511 e. The molecule has 0 spiro atoms. The monoisotopic (exact) mass is 369 g/mol. The third-order valence-corrected chi connectivity index (χ3v) is 5.59. The Hall–Kier alpha value is -2.43. The van der Waals surface area contributed by atoms with Crippen LogP contribution in [0.3, 0.4) is 0 Å². The zero-order valence-corrected chi connectivity index (χ0v) is 16.5. The van der Waals surface area contributed by atoms with Crippen LogP contribution in [-0.4, -0.2) is 29.0 Å². The highest BCUT2D eigenvalue weighted by Gasteiger charge is 2.34. The van der Waals surface area contributed by atoms with E-state index < -0.39 is 0 Å². The number of allylic oxidation sites excluding steroid dienone is 2. The highest BCUT2D eigenvalue weighted by molar-refractivity contribution is 6.23. The van der Waals surface area contributed by atoms with Crippen molar-refractivity contribution in [1.29, 1.82) is 0 Å². The summed E-state index contributed by atoms with van der Waals surface area (Å²) in [6.07, 6.45) is 2.55. The van der Waals surface area contributed by atoms with Crippen molar-refractivity contribution in [3.05, 3.63) is 45.2 Å². The number of ketones is 2. The lowest BCUT2D eigenvalue weighted by Crippen LogP contribution is -2.25. The van der Waals surface area contributed by atoms with Gasteiger partial charge >= 0.3 is 0 Å². The van der Waals surface area contributed by atoms with Gasteiger partial charge in [0.2, 0.25) is 0 Å². The maximum Gasteiger partial charge on any atom is 0.168 e. The molecular formula is C22H27NO4. The van der Waals surface area contributed by atoms with E-state index in [4.69, 9.17) is 4.84 Å². The van der Waals surface area contributed by atoms with Gasteiger partial charge in [-0.05, 0) is 61.8 Å². The molecule has 0 saturated carbocycles. The van der Waals surface area contributed by atoms with Gasteiger partial charge in [-0.25, -0.2) is 0 Å². The first kappa shape index (κ1) is 19.3. The first-order chi connectivity index (χ1) is 12.9. The van der Waals surface area contributed by atoms with Crippen molar-refractivity contribution in [2.24, 2.45) is 5.16 Å². The minimum atomic E-state index is -0.120. The van der Waals surface area contributed by atoms with Crippen molar-refractivity contribution in [1.82, 2.24) is 0 Å². The Balaban J connectivity index is 2.00. The number of aliphatic hydroxyl groups is 1. The topological polar surface area (TPSA) is 76.0 Å². The summed E-state index contributed by atoms with van der Waals surface area (Å²) in [5.41, 5.74) is 5.82. The van der Waals surface area contributed by atoms with Crippen LogP contribution in [0.1, 0.15) is 78.1 Å². The zero-order valence-electron chi connectivity index (χ0n) is 16.5. The minimum absolute atomic E-state index is 0.0715. The van der Waals surface area contributed by atoms with Crippen LogP contribution in [0.15, 0.2) is 22.6 Å². The fourth-order valence-electron chi connectivity index (χ4n) is 4.52. The van der Waals surface area contributed by atoms with Crippen LogP contribution < -0.4 is 0 Å². The zero-order chi connectivity index (χ0) is 19.7. The van der Waals surface area contributed by atoms with Crippen LogP contribution in [0.4, 0.5) is 0 Å². The van der Waals surface area contributed by atoms with E-state index in [1.54, 1.807) is 0 Å². The Labute approximate surface area is 160 Å². The SMILES string of the molecule is CCON=C(CC)C1=C(O)CC(c2c(C)cc3c(c2C)C(=O)CC3)CC1=O. The average Bonchev–Trinajstić information content (AvgIpc) is 2.98. The molecule has 2 aliphatic rings. The van der Waals surface area contributed by atoms with Gasteiger partial charge in [-0.1, -0.05) is 18.1 Å². The summed E-state index contributed by atoms with van der Waals surface area (Å²) in [5, 5.41) is 14.7. The molecule has 5 nitrogen and oxygen atoms in total. The first-order valence-corrected chi connectivity index (χ1v) is 9.69. The summed E-state index contributed by atoms with van der Waals surface area (Å²) < 4.78 is 0. The van der Waals surface area contributed by atoms with Gasteiger partial charge in [0.1, 0.15) is 12.4 Å². The molecule has 0 bridgehead atoms. The Morgan fingerprint density at radius 1 is 1.19 bits per heavy atom. The number of nitrogens with zero attached hydrogens (tertiary/aromatic N) is 1. The lowest BCUT2D eigenvalue weighted by Gasteiger charge is -2.27. The molecule has 1 aromatic carbocycles. The van der Waals surface area contributed by atoms with E-state index in [1.165, 1.54) is 0 Å². The van der Waals surface area contributed by atoms with E-state index in [2.05, 4.69) is 11.2 Å². The van der Waals surface area contributed by atoms with Gasteiger partial charge in [0.15, 0.2) is 11.6 Å². The number of hydrogen-bond donors (Lipinski definition) is 1. The van der Waals surface area contributed by atoms with Gasteiger partial charge in [0.25, 0.3) is 0 Å². The highest BCUT2D eigenvalue weighted by atomic mass is 16.6. The molecule has 27 heavy (non-hydrogen) atoms. The molecule has 3 rings (SSSR count). The van der Waals surface area contributed by atoms with Crippen LogP contribution in [0.25, 0.3) is 0 Å². The Morgan fingerprint density at radius 3 is 2.56 bits per heavy atom. The number of aryl methyl sites for hydroxylation is 2. The largest absolute Gasteiger partial charge is 0.511 e. The highest BCUT2D eigenvalue weighted by Crippen LogP contribution is 2.40. The quantitative estimate of drug-likeness (QED) is 0.613. The van der Waals surface area contributed by atoms with E-state index in [1.807, 2.05) is 27.7 Å². The first-order valence-electron chi connectivity index (χ1n) is 9.69. The molecule has 2 aliphatic carbocycles. The second-order valence-corrected chi connectivity index (χ2v) is 7.35. The molecule has 0 saturated heterocycles. The van der Waals surface area contributed by atoms with Crippen LogP contribution in [0, 0.1) is 13.8 Å². The van der Waals surface area contributed by atoms with Crippen molar-refractivity contribution in [2.75, 3.05) is 6.61 Å². The molecule has 1 aromatic rings. The number of oxime groups is 1. The summed E-state index contributed by atoms with van der Waals surface area (Å²) >= 11 is 0. The Bertz CT molecular complexity index is 864.